The highest BCUT2D eigenvalue weighted by molar-refractivity contribution is 7.88. The molecule has 1 fully saturated rings. The maximum absolute atomic E-state index is 12.0. The van der Waals surface area contributed by atoms with Crippen molar-refractivity contribution < 1.29 is 17.9 Å². The van der Waals surface area contributed by atoms with Crippen LogP contribution >= 0.6 is 0 Å². The Balaban J connectivity index is 1.92. The molecule has 1 heterocycles. The second-order valence-electron chi connectivity index (χ2n) is 4.92. The number of likely N-dealkylation sites (N-methyl/N-ethyl adjacent to an activating group) is 1. The molecule has 1 N–H and O–H groups in total. The second kappa shape index (κ2) is 5.80. The maximum Gasteiger partial charge on any atom is 0.410 e. The smallest absolute Gasteiger partial charge is 0.410 e. The number of hydrogen-bond acceptors (Lipinski definition) is 4. The first-order chi connectivity index (χ1) is 9.37. The highest BCUT2D eigenvalue weighted by Gasteiger charge is 2.29. The molecule has 1 atom stereocenters. The zero-order valence-corrected chi connectivity index (χ0v) is 12.3. The standard InChI is InChI=1S/C13H18N2O4S/c1-10-5-3-4-6-11(10)9-20(17,18)14-7-12-8-15(2)13(16)19-12/h3-6,12,14H,7-9H2,1-2H3. The Bertz CT molecular complexity index is 600. The van der Waals surface area contributed by atoms with Gasteiger partial charge in [0.2, 0.25) is 10.0 Å². The molecule has 0 aromatic heterocycles. The second-order valence-corrected chi connectivity index (χ2v) is 6.73. The summed E-state index contributed by atoms with van der Waals surface area (Å²) in [5.74, 6) is -0.0732. The minimum atomic E-state index is -3.44. The van der Waals surface area contributed by atoms with Crippen LogP contribution in [0.2, 0.25) is 0 Å². The molecule has 1 aromatic rings. The normalized spacial score (nSPS) is 19.2. The monoisotopic (exact) mass is 298 g/mol. The van der Waals surface area contributed by atoms with E-state index < -0.39 is 22.2 Å². The highest BCUT2D eigenvalue weighted by atomic mass is 32.2. The number of carbonyl (C=O) groups excluding carboxylic acids is 1. The fourth-order valence-electron chi connectivity index (χ4n) is 2.00. The molecule has 0 radical (unpaired) electrons. The van der Waals surface area contributed by atoms with Crippen molar-refractivity contribution in [2.45, 2.75) is 18.8 Å². The molecule has 1 aromatic carbocycles. The van der Waals surface area contributed by atoms with Gasteiger partial charge in [0.05, 0.1) is 12.3 Å². The topological polar surface area (TPSA) is 75.7 Å². The Morgan fingerprint density at radius 3 is 2.70 bits per heavy atom. The van der Waals surface area contributed by atoms with Gasteiger partial charge >= 0.3 is 6.09 Å². The van der Waals surface area contributed by atoms with Crippen LogP contribution in [0.25, 0.3) is 0 Å². The van der Waals surface area contributed by atoms with Crippen molar-refractivity contribution in [3.63, 3.8) is 0 Å². The van der Waals surface area contributed by atoms with E-state index in [-0.39, 0.29) is 12.3 Å². The molecule has 0 bridgehead atoms. The summed E-state index contributed by atoms with van der Waals surface area (Å²) in [6.07, 6.45) is -0.854. The summed E-state index contributed by atoms with van der Waals surface area (Å²) in [6.45, 7) is 2.37. The van der Waals surface area contributed by atoms with E-state index in [1.807, 2.05) is 25.1 Å². The molecule has 20 heavy (non-hydrogen) atoms. The molecular formula is C13H18N2O4S. The van der Waals surface area contributed by atoms with E-state index in [9.17, 15) is 13.2 Å². The van der Waals surface area contributed by atoms with Gasteiger partial charge in [-0.05, 0) is 18.1 Å². The van der Waals surface area contributed by atoms with Crippen LogP contribution in [0.5, 0.6) is 0 Å². The molecule has 6 nitrogen and oxygen atoms in total. The van der Waals surface area contributed by atoms with Gasteiger partial charge in [-0.15, -0.1) is 0 Å². The van der Waals surface area contributed by atoms with E-state index >= 15 is 0 Å². The Morgan fingerprint density at radius 1 is 1.40 bits per heavy atom. The minimum Gasteiger partial charge on any atom is -0.443 e. The SMILES string of the molecule is Cc1ccccc1CS(=O)(=O)NCC1CN(C)C(=O)O1. The number of aryl methyl sites for hydroxylation is 1. The Kier molecular flexibility index (Phi) is 4.29. The van der Waals surface area contributed by atoms with E-state index in [0.29, 0.717) is 6.54 Å². The van der Waals surface area contributed by atoms with Crippen LogP contribution in [-0.2, 0) is 20.5 Å². The van der Waals surface area contributed by atoms with E-state index in [0.717, 1.165) is 11.1 Å². The molecule has 2 rings (SSSR count). The molecule has 110 valence electrons. The van der Waals surface area contributed by atoms with Gasteiger partial charge in [0.15, 0.2) is 0 Å². The van der Waals surface area contributed by atoms with Crippen LogP contribution in [0.1, 0.15) is 11.1 Å². The van der Waals surface area contributed by atoms with Crippen LogP contribution in [-0.4, -0.2) is 45.7 Å². The molecular weight excluding hydrogens is 280 g/mol. The number of rotatable bonds is 5. The summed E-state index contributed by atoms with van der Waals surface area (Å²) in [4.78, 5) is 12.6. The van der Waals surface area contributed by atoms with Crippen molar-refractivity contribution in [3.8, 4) is 0 Å². The lowest BCUT2D eigenvalue weighted by Gasteiger charge is -2.11. The van der Waals surface area contributed by atoms with Crippen LogP contribution in [0, 0.1) is 6.92 Å². The molecule has 0 spiro atoms. The van der Waals surface area contributed by atoms with E-state index in [4.69, 9.17) is 4.74 Å². The average Bonchev–Trinajstić information content (AvgIpc) is 2.69. The van der Waals surface area contributed by atoms with Gasteiger partial charge in [0.25, 0.3) is 0 Å². The summed E-state index contributed by atoms with van der Waals surface area (Å²) in [6, 6.07) is 7.34. The van der Waals surface area contributed by atoms with Crippen molar-refractivity contribution in [2.75, 3.05) is 20.1 Å². The number of carbonyl (C=O) groups is 1. The summed E-state index contributed by atoms with van der Waals surface area (Å²) in [7, 11) is -1.82. The lowest BCUT2D eigenvalue weighted by Crippen LogP contribution is -2.34. The lowest BCUT2D eigenvalue weighted by atomic mass is 10.1. The first-order valence-electron chi connectivity index (χ1n) is 6.31. The largest absolute Gasteiger partial charge is 0.443 e. The third-order valence-corrected chi connectivity index (χ3v) is 4.49. The molecule has 1 amide bonds. The fraction of sp³-hybridized carbons (Fsp3) is 0.462. The van der Waals surface area contributed by atoms with Crippen molar-refractivity contribution >= 4 is 16.1 Å². The fourth-order valence-corrected chi connectivity index (χ4v) is 3.28. The lowest BCUT2D eigenvalue weighted by molar-refractivity contribution is 0.135. The Hall–Kier alpha value is -1.60. The molecule has 0 saturated carbocycles. The zero-order valence-electron chi connectivity index (χ0n) is 11.5. The van der Waals surface area contributed by atoms with Gasteiger partial charge in [-0.3, -0.25) is 0 Å². The van der Waals surface area contributed by atoms with Crippen molar-refractivity contribution in [1.82, 2.24) is 9.62 Å². The number of nitrogens with zero attached hydrogens (tertiary/aromatic N) is 1. The molecule has 1 aliphatic heterocycles. The average molecular weight is 298 g/mol. The predicted molar refractivity (Wildman–Crippen MR) is 74.7 cm³/mol. The van der Waals surface area contributed by atoms with Crippen LogP contribution < -0.4 is 4.72 Å². The van der Waals surface area contributed by atoms with E-state index in [1.54, 1.807) is 13.1 Å². The van der Waals surface area contributed by atoms with E-state index in [1.165, 1.54) is 4.90 Å². The predicted octanol–water partition coefficient (Wildman–Crippen LogP) is 0.865. The van der Waals surface area contributed by atoms with Crippen LogP contribution in [0.15, 0.2) is 24.3 Å². The number of nitrogens with one attached hydrogen (secondary N) is 1. The summed E-state index contributed by atoms with van der Waals surface area (Å²) >= 11 is 0. The zero-order chi connectivity index (χ0) is 14.8. The minimum absolute atomic E-state index is 0.0732. The quantitative estimate of drug-likeness (QED) is 0.875. The van der Waals surface area contributed by atoms with E-state index in [2.05, 4.69) is 4.72 Å². The van der Waals surface area contributed by atoms with Crippen molar-refractivity contribution in [1.29, 1.82) is 0 Å². The highest BCUT2D eigenvalue weighted by Crippen LogP contribution is 2.12. The van der Waals surface area contributed by atoms with Gasteiger partial charge in [0, 0.05) is 13.6 Å². The summed E-state index contributed by atoms with van der Waals surface area (Å²) in [5.41, 5.74) is 1.70. The van der Waals surface area contributed by atoms with Crippen molar-refractivity contribution in [3.05, 3.63) is 35.4 Å². The van der Waals surface area contributed by atoms with Crippen LogP contribution in [0.3, 0.4) is 0 Å². The molecule has 0 aliphatic carbocycles. The third-order valence-electron chi connectivity index (χ3n) is 3.19. The molecule has 1 aliphatic rings. The molecule has 7 heteroatoms. The Morgan fingerprint density at radius 2 is 2.10 bits per heavy atom. The summed E-state index contributed by atoms with van der Waals surface area (Å²) < 4.78 is 31.5. The van der Waals surface area contributed by atoms with Gasteiger partial charge in [0.1, 0.15) is 6.10 Å². The number of ether oxygens (including phenoxy) is 1. The Labute approximate surface area is 118 Å². The summed E-state index contributed by atoms with van der Waals surface area (Å²) in [5, 5.41) is 0. The maximum atomic E-state index is 12.0. The molecule has 1 unspecified atom stereocenters. The van der Waals surface area contributed by atoms with Gasteiger partial charge < -0.3 is 9.64 Å². The number of cyclic esters (lactones) is 1. The molecule has 1 saturated heterocycles. The van der Waals surface area contributed by atoms with Gasteiger partial charge in [-0.1, -0.05) is 24.3 Å². The first-order valence-corrected chi connectivity index (χ1v) is 7.96. The van der Waals surface area contributed by atoms with Gasteiger partial charge in [-0.2, -0.15) is 0 Å². The number of sulfonamides is 1. The number of benzene rings is 1. The van der Waals surface area contributed by atoms with Crippen molar-refractivity contribution in [2.24, 2.45) is 0 Å². The first kappa shape index (κ1) is 14.8. The third kappa shape index (κ3) is 3.71. The number of amides is 1. The number of hydrogen-bond donors (Lipinski definition) is 1. The van der Waals surface area contributed by atoms with Gasteiger partial charge in [-0.25, -0.2) is 17.9 Å². The van der Waals surface area contributed by atoms with Crippen LogP contribution in [0.4, 0.5) is 4.79 Å².